The third-order valence-electron chi connectivity index (χ3n) is 3.21. The number of aromatic nitrogens is 2. The van der Waals surface area contributed by atoms with Crippen molar-refractivity contribution in [3.63, 3.8) is 0 Å². The van der Waals surface area contributed by atoms with Crippen LogP contribution in [0.4, 0.5) is 5.95 Å². The normalized spacial score (nSPS) is 10.6. The molecule has 2 aromatic carbocycles. The molecule has 0 spiro atoms. The molecule has 1 aromatic heterocycles. The van der Waals surface area contributed by atoms with Crippen molar-refractivity contribution in [3.8, 4) is 0 Å². The number of hydrogen-bond donors (Lipinski definition) is 2. The molecule has 0 aliphatic heterocycles. The standard InChI is InChI=1S/C16H12ClN3O2/c1-9-6-7-13-11(8-9)15(22)20-16(18-13)19-14(21)10-4-2-3-5-12(10)17/h2-8H,1H3,(H2,18,19,20,21,22). The Bertz CT molecular complexity index is 934. The van der Waals surface area contributed by atoms with Gasteiger partial charge in [-0.1, -0.05) is 35.4 Å². The first-order valence-corrected chi connectivity index (χ1v) is 6.99. The number of carbonyl (C=O) groups is 1. The van der Waals surface area contributed by atoms with Gasteiger partial charge in [-0.05, 0) is 31.2 Å². The fourth-order valence-corrected chi connectivity index (χ4v) is 2.35. The molecule has 2 N–H and O–H groups in total. The topological polar surface area (TPSA) is 74.8 Å². The summed E-state index contributed by atoms with van der Waals surface area (Å²) in [7, 11) is 0. The Balaban J connectivity index is 1.98. The Kier molecular flexibility index (Phi) is 3.65. The van der Waals surface area contributed by atoms with Gasteiger partial charge in [-0.2, -0.15) is 0 Å². The highest BCUT2D eigenvalue weighted by molar-refractivity contribution is 6.34. The Hall–Kier alpha value is -2.66. The summed E-state index contributed by atoms with van der Waals surface area (Å²) in [5.74, 6) is -0.341. The summed E-state index contributed by atoms with van der Waals surface area (Å²) in [5, 5.41) is 3.37. The summed E-state index contributed by atoms with van der Waals surface area (Å²) in [4.78, 5) is 31.0. The predicted molar refractivity (Wildman–Crippen MR) is 86.5 cm³/mol. The lowest BCUT2D eigenvalue weighted by molar-refractivity contribution is 0.102. The van der Waals surface area contributed by atoms with Gasteiger partial charge in [0.05, 0.1) is 21.5 Å². The minimum atomic E-state index is -0.430. The molecule has 3 rings (SSSR count). The zero-order valence-electron chi connectivity index (χ0n) is 11.7. The largest absolute Gasteiger partial charge is 0.292 e. The Morgan fingerprint density at radius 3 is 2.77 bits per heavy atom. The lowest BCUT2D eigenvalue weighted by atomic mass is 10.2. The van der Waals surface area contributed by atoms with Crippen LogP contribution in [0, 0.1) is 6.92 Å². The molecule has 0 saturated heterocycles. The number of hydrogen-bond acceptors (Lipinski definition) is 3. The van der Waals surface area contributed by atoms with E-state index in [0.29, 0.717) is 21.5 Å². The number of aromatic amines is 1. The van der Waals surface area contributed by atoms with Crippen LogP contribution in [0.5, 0.6) is 0 Å². The van der Waals surface area contributed by atoms with Crippen molar-refractivity contribution in [2.24, 2.45) is 0 Å². The van der Waals surface area contributed by atoms with Gasteiger partial charge in [0.2, 0.25) is 5.95 Å². The van der Waals surface area contributed by atoms with Gasteiger partial charge in [-0.25, -0.2) is 4.98 Å². The van der Waals surface area contributed by atoms with Gasteiger partial charge in [-0.15, -0.1) is 0 Å². The molecule has 0 aliphatic carbocycles. The highest BCUT2D eigenvalue weighted by Crippen LogP contribution is 2.16. The van der Waals surface area contributed by atoms with Crippen molar-refractivity contribution in [1.82, 2.24) is 9.97 Å². The average molecular weight is 314 g/mol. The van der Waals surface area contributed by atoms with Gasteiger partial charge in [-0.3, -0.25) is 19.9 Å². The van der Waals surface area contributed by atoms with Gasteiger partial charge in [0.15, 0.2) is 0 Å². The SMILES string of the molecule is Cc1ccc2nc(NC(=O)c3ccccc3Cl)[nH]c(=O)c2c1. The number of nitrogens with zero attached hydrogens (tertiary/aromatic N) is 1. The summed E-state index contributed by atoms with van der Waals surface area (Å²) in [6, 6.07) is 12.0. The monoisotopic (exact) mass is 313 g/mol. The Morgan fingerprint density at radius 2 is 2.00 bits per heavy atom. The minimum absolute atomic E-state index is 0.0891. The fraction of sp³-hybridized carbons (Fsp3) is 0.0625. The first kappa shape index (κ1) is 14.3. The molecular weight excluding hydrogens is 302 g/mol. The van der Waals surface area contributed by atoms with Crippen LogP contribution in [0.2, 0.25) is 5.02 Å². The number of H-pyrrole nitrogens is 1. The van der Waals surface area contributed by atoms with Crippen LogP contribution < -0.4 is 10.9 Å². The number of benzene rings is 2. The van der Waals surface area contributed by atoms with E-state index in [0.717, 1.165) is 5.56 Å². The molecule has 0 bridgehead atoms. The minimum Gasteiger partial charge on any atom is -0.292 e. The van der Waals surface area contributed by atoms with Crippen LogP contribution in [-0.2, 0) is 0 Å². The maximum absolute atomic E-state index is 12.2. The van der Waals surface area contributed by atoms with E-state index in [9.17, 15) is 9.59 Å². The second-order valence-corrected chi connectivity index (χ2v) is 5.28. The lowest BCUT2D eigenvalue weighted by Crippen LogP contribution is -2.18. The first-order valence-electron chi connectivity index (χ1n) is 6.61. The molecule has 0 radical (unpaired) electrons. The maximum atomic E-state index is 12.2. The number of amides is 1. The number of anilines is 1. The highest BCUT2D eigenvalue weighted by Gasteiger charge is 2.12. The summed E-state index contributed by atoms with van der Waals surface area (Å²) >= 11 is 5.98. The van der Waals surface area contributed by atoms with Crippen molar-refractivity contribution in [3.05, 3.63) is 69.0 Å². The molecule has 0 saturated carbocycles. The second-order valence-electron chi connectivity index (χ2n) is 4.87. The molecule has 0 unspecified atom stereocenters. The smallest absolute Gasteiger partial charge is 0.260 e. The molecule has 6 heteroatoms. The van der Waals surface area contributed by atoms with Crippen molar-refractivity contribution in [1.29, 1.82) is 0 Å². The molecular formula is C16H12ClN3O2. The predicted octanol–water partition coefficient (Wildman–Crippen LogP) is 3.14. The summed E-state index contributed by atoms with van der Waals surface area (Å²) in [6.45, 7) is 1.89. The van der Waals surface area contributed by atoms with Crippen LogP contribution in [0.15, 0.2) is 47.3 Å². The van der Waals surface area contributed by atoms with E-state index in [1.165, 1.54) is 0 Å². The number of aryl methyl sites for hydroxylation is 1. The maximum Gasteiger partial charge on any atom is 0.260 e. The quantitative estimate of drug-likeness (QED) is 0.763. The molecule has 0 aliphatic rings. The van der Waals surface area contributed by atoms with Crippen LogP contribution in [0.3, 0.4) is 0 Å². The van der Waals surface area contributed by atoms with Crippen molar-refractivity contribution >= 4 is 34.4 Å². The third-order valence-corrected chi connectivity index (χ3v) is 3.54. The summed E-state index contributed by atoms with van der Waals surface area (Å²) < 4.78 is 0. The highest BCUT2D eigenvalue weighted by atomic mass is 35.5. The second kappa shape index (κ2) is 5.61. The van der Waals surface area contributed by atoms with Gasteiger partial charge < -0.3 is 0 Å². The zero-order chi connectivity index (χ0) is 15.7. The van der Waals surface area contributed by atoms with Gasteiger partial charge in [0, 0.05) is 0 Å². The fourth-order valence-electron chi connectivity index (χ4n) is 2.13. The number of rotatable bonds is 2. The van der Waals surface area contributed by atoms with Crippen LogP contribution in [-0.4, -0.2) is 15.9 Å². The lowest BCUT2D eigenvalue weighted by Gasteiger charge is -2.07. The van der Waals surface area contributed by atoms with E-state index in [2.05, 4.69) is 15.3 Å². The number of nitrogens with one attached hydrogen (secondary N) is 2. The van der Waals surface area contributed by atoms with E-state index >= 15 is 0 Å². The molecule has 110 valence electrons. The average Bonchev–Trinajstić information content (AvgIpc) is 2.48. The molecule has 0 fully saturated rings. The molecule has 1 amide bonds. The summed E-state index contributed by atoms with van der Waals surface area (Å²) in [6.07, 6.45) is 0. The van der Waals surface area contributed by atoms with E-state index in [4.69, 9.17) is 11.6 Å². The van der Waals surface area contributed by atoms with E-state index < -0.39 is 5.91 Å². The molecule has 5 nitrogen and oxygen atoms in total. The van der Waals surface area contributed by atoms with Gasteiger partial charge >= 0.3 is 0 Å². The van der Waals surface area contributed by atoms with E-state index in [-0.39, 0.29) is 11.5 Å². The molecule has 3 aromatic rings. The number of carbonyl (C=O) groups excluding carboxylic acids is 1. The van der Waals surface area contributed by atoms with Gasteiger partial charge in [0.1, 0.15) is 0 Å². The van der Waals surface area contributed by atoms with Gasteiger partial charge in [0.25, 0.3) is 11.5 Å². The molecule has 0 atom stereocenters. The third kappa shape index (κ3) is 2.71. The molecule has 22 heavy (non-hydrogen) atoms. The van der Waals surface area contributed by atoms with Crippen molar-refractivity contribution < 1.29 is 4.79 Å². The number of halogens is 1. The Labute approximate surface area is 131 Å². The van der Waals surface area contributed by atoms with Crippen LogP contribution in [0.25, 0.3) is 10.9 Å². The van der Waals surface area contributed by atoms with Crippen LogP contribution in [0.1, 0.15) is 15.9 Å². The first-order chi connectivity index (χ1) is 10.5. The van der Waals surface area contributed by atoms with Crippen molar-refractivity contribution in [2.75, 3.05) is 5.32 Å². The van der Waals surface area contributed by atoms with Crippen molar-refractivity contribution in [2.45, 2.75) is 6.92 Å². The summed E-state index contributed by atoms with van der Waals surface area (Å²) in [5.41, 5.74) is 1.50. The van der Waals surface area contributed by atoms with E-state index in [1.807, 2.05) is 13.0 Å². The van der Waals surface area contributed by atoms with Crippen LogP contribution >= 0.6 is 11.6 Å². The number of fused-ring (bicyclic) bond motifs is 1. The Morgan fingerprint density at radius 1 is 1.23 bits per heavy atom. The van der Waals surface area contributed by atoms with E-state index in [1.54, 1.807) is 36.4 Å². The molecule has 1 heterocycles. The zero-order valence-corrected chi connectivity index (χ0v) is 12.4.